The van der Waals surface area contributed by atoms with Crippen LogP contribution >= 0.6 is 23.8 Å². The molecule has 0 aliphatic rings. The van der Waals surface area contributed by atoms with Gasteiger partial charge in [0.15, 0.2) is 5.11 Å². The van der Waals surface area contributed by atoms with Crippen LogP contribution in [0.5, 0.6) is 0 Å². The molecule has 0 spiro atoms. The molecule has 0 atom stereocenters. The molecule has 1 rings (SSSR count). The first-order valence-electron chi connectivity index (χ1n) is 4.91. The summed E-state index contributed by atoms with van der Waals surface area (Å²) in [7, 11) is 1.62. The van der Waals surface area contributed by atoms with E-state index in [1.807, 2.05) is 6.07 Å². The second-order valence-electron chi connectivity index (χ2n) is 3.18. The lowest BCUT2D eigenvalue weighted by Crippen LogP contribution is -2.31. The average Bonchev–Trinajstić information content (AvgIpc) is 2.29. The predicted molar refractivity (Wildman–Crippen MR) is 72.3 cm³/mol. The molecule has 0 bridgehead atoms. The maximum atomic E-state index is 8.73. The van der Waals surface area contributed by atoms with E-state index in [2.05, 4.69) is 10.6 Å². The van der Waals surface area contributed by atoms with Crippen molar-refractivity contribution in [2.45, 2.75) is 0 Å². The number of nitrogens with one attached hydrogen (secondary N) is 2. The van der Waals surface area contributed by atoms with Gasteiger partial charge in [0.2, 0.25) is 0 Å². The summed E-state index contributed by atoms with van der Waals surface area (Å²) in [6.07, 6.45) is 0. The van der Waals surface area contributed by atoms with Crippen LogP contribution in [0, 0.1) is 11.3 Å². The van der Waals surface area contributed by atoms with Gasteiger partial charge >= 0.3 is 0 Å². The number of nitrogens with zero attached hydrogens (tertiary/aromatic N) is 1. The Kier molecular flexibility index (Phi) is 5.70. The third-order valence-corrected chi connectivity index (χ3v) is 2.50. The molecular formula is C11H12ClN3OS. The minimum atomic E-state index is 0.400. The lowest BCUT2D eigenvalue weighted by Gasteiger charge is -2.10. The van der Waals surface area contributed by atoms with Crippen LogP contribution in [-0.2, 0) is 4.74 Å². The first kappa shape index (κ1) is 13.7. The molecule has 0 unspecified atom stereocenters. The summed E-state index contributed by atoms with van der Waals surface area (Å²) in [5, 5.41) is 15.5. The van der Waals surface area contributed by atoms with Gasteiger partial charge in [-0.15, -0.1) is 0 Å². The van der Waals surface area contributed by atoms with Crippen LogP contribution in [0.2, 0.25) is 5.02 Å². The molecule has 2 N–H and O–H groups in total. The van der Waals surface area contributed by atoms with Gasteiger partial charge in [-0.2, -0.15) is 5.26 Å². The smallest absolute Gasteiger partial charge is 0.170 e. The quantitative estimate of drug-likeness (QED) is 0.648. The van der Waals surface area contributed by atoms with Gasteiger partial charge in [0.25, 0.3) is 0 Å². The summed E-state index contributed by atoms with van der Waals surface area (Å²) < 4.78 is 4.88. The van der Waals surface area contributed by atoms with Gasteiger partial charge in [-0.25, -0.2) is 0 Å². The SMILES string of the molecule is COCCNC(=S)Nc1ccc(C#N)c(Cl)c1. The largest absolute Gasteiger partial charge is 0.383 e. The number of rotatable bonds is 4. The normalized spacial score (nSPS) is 9.47. The van der Waals surface area contributed by atoms with E-state index in [9.17, 15) is 0 Å². The lowest BCUT2D eigenvalue weighted by atomic mass is 10.2. The molecule has 0 aliphatic heterocycles. The van der Waals surface area contributed by atoms with Crippen molar-refractivity contribution in [3.8, 4) is 6.07 Å². The minimum absolute atomic E-state index is 0.400. The van der Waals surface area contributed by atoms with Crippen molar-refractivity contribution in [2.75, 3.05) is 25.6 Å². The number of anilines is 1. The third kappa shape index (κ3) is 4.57. The van der Waals surface area contributed by atoms with Gasteiger partial charge < -0.3 is 15.4 Å². The Balaban J connectivity index is 2.55. The Labute approximate surface area is 111 Å². The van der Waals surface area contributed by atoms with Crippen LogP contribution < -0.4 is 10.6 Å². The van der Waals surface area contributed by atoms with Crippen molar-refractivity contribution in [1.82, 2.24) is 5.32 Å². The summed E-state index contributed by atoms with van der Waals surface area (Å²) in [4.78, 5) is 0. The molecule has 0 aromatic heterocycles. The van der Waals surface area contributed by atoms with E-state index in [-0.39, 0.29) is 0 Å². The zero-order valence-corrected chi connectivity index (χ0v) is 10.9. The standard InChI is InChI=1S/C11H12ClN3OS/c1-16-5-4-14-11(17)15-9-3-2-8(7-13)10(12)6-9/h2-3,6H,4-5H2,1H3,(H2,14,15,17). The number of hydrogen-bond donors (Lipinski definition) is 2. The highest BCUT2D eigenvalue weighted by atomic mass is 35.5. The first-order chi connectivity index (χ1) is 8.17. The molecule has 0 amide bonds. The summed E-state index contributed by atoms with van der Waals surface area (Å²) in [6.45, 7) is 1.21. The Morgan fingerprint density at radius 1 is 1.59 bits per heavy atom. The Morgan fingerprint density at radius 2 is 2.35 bits per heavy atom. The summed E-state index contributed by atoms with van der Waals surface area (Å²) in [5.41, 5.74) is 1.18. The number of thiocarbonyl (C=S) groups is 1. The second-order valence-corrected chi connectivity index (χ2v) is 4.00. The fourth-order valence-corrected chi connectivity index (χ4v) is 1.57. The fraction of sp³-hybridized carbons (Fsp3) is 0.273. The summed E-state index contributed by atoms with van der Waals surface area (Å²) in [5.74, 6) is 0. The second kappa shape index (κ2) is 7.07. The van der Waals surface area contributed by atoms with Crippen molar-refractivity contribution < 1.29 is 4.74 Å². The summed E-state index contributed by atoms with van der Waals surface area (Å²) in [6, 6.07) is 7.04. The van der Waals surface area contributed by atoms with E-state index in [4.69, 9.17) is 33.8 Å². The molecule has 0 fully saturated rings. The van der Waals surface area contributed by atoms with Crippen molar-refractivity contribution in [1.29, 1.82) is 5.26 Å². The van der Waals surface area contributed by atoms with Gasteiger partial charge in [-0.05, 0) is 30.4 Å². The Hall–Kier alpha value is -1.35. The van der Waals surface area contributed by atoms with Crippen molar-refractivity contribution >= 4 is 34.6 Å². The van der Waals surface area contributed by atoms with E-state index < -0.39 is 0 Å². The molecule has 17 heavy (non-hydrogen) atoms. The summed E-state index contributed by atoms with van der Waals surface area (Å²) >= 11 is 11.0. The number of benzene rings is 1. The molecule has 0 aliphatic carbocycles. The fourth-order valence-electron chi connectivity index (χ4n) is 1.13. The molecular weight excluding hydrogens is 258 g/mol. The number of halogens is 1. The number of methoxy groups -OCH3 is 1. The average molecular weight is 270 g/mol. The molecule has 0 saturated heterocycles. The molecule has 90 valence electrons. The first-order valence-corrected chi connectivity index (χ1v) is 5.69. The van der Waals surface area contributed by atoms with E-state index in [0.717, 1.165) is 5.69 Å². The zero-order valence-electron chi connectivity index (χ0n) is 9.29. The van der Waals surface area contributed by atoms with Gasteiger partial charge in [0.05, 0.1) is 17.2 Å². The van der Waals surface area contributed by atoms with E-state index >= 15 is 0 Å². The van der Waals surface area contributed by atoms with E-state index in [1.165, 1.54) is 0 Å². The molecule has 1 aromatic carbocycles. The molecule has 4 nitrogen and oxygen atoms in total. The third-order valence-electron chi connectivity index (χ3n) is 1.94. The maximum absolute atomic E-state index is 8.73. The Morgan fingerprint density at radius 3 is 2.94 bits per heavy atom. The van der Waals surface area contributed by atoms with Gasteiger partial charge in [-0.1, -0.05) is 11.6 Å². The van der Waals surface area contributed by atoms with Crippen molar-refractivity contribution in [2.24, 2.45) is 0 Å². The zero-order chi connectivity index (χ0) is 12.7. The van der Waals surface area contributed by atoms with Crippen LogP contribution in [0.4, 0.5) is 5.69 Å². The van der Waals surface area contributed by atoms with E-state index in [0.29, 0.717) is 28.9 Å². The van der Waals surface area contributed by atoms with Crippen molar-refractivity contribution in [3.05, 3.63) is 28.8 Å². The highest BCUT2D eigenvalue weighted by molar-refractivity contribution is 7.80. The molecule has 0 saturated carbocycles. The highest BCUT2D eigenvalue weighted by Crippen LogP contribution is 2.19. The monoisotopic (exact) mass is 269 g/mol. The Bertz CT molecular complexity index is 445. The lowest BCUT2D eigenvalue weighted by molar-refractivity contribution is 0.204. The van der Waals surface area contributed by atoms with Gasteiger partial charge in [0.1, 0.15) is 6.07 Å². The van der Waals surface area contributed by atoms with Gasteiger partial charge in [-0.3, -0.25) is 0 Å². The highest BCUT2D eigenvalue weighted by Gasteiger charge is 2.02. The maximum Gasteiger partial charge on any atom is 0.170 e. The number of nitriles is 1. The van der Waals surface area contributed by atoms with E-state index in [1.54, 1.807) is 25.3 Å². The van der Waals surface area contributed by atoms with Crippen LogP contribution in [0.25, 0.3) is 0 Å². The number of hydrogen-bond acceptors (Lipinski definition) is 3. The molecule has 0 heterocycles. The molecule has 6 heteroatoms. The van der Waals surface area contributed by atoms with Crippen LogP contribution in [-0.4, -0.2) is 25.4 Å². The predicted octanol–water partition coefficient (Wildman–Crippen LogP) is 2.14. The number of ether oxygens (including phenoxy) is 1. The molecule has 0 radical (unpaired) electrons. The van der Waals surface area contributed by atoms with Crippen molar-refractivity contribution in [3.63, 3.8) is 0 Å². The molecule has 1 aromatic rings. The van der Waals surface area contributed by atoms with Gasteiger partial charge in [0, 0.05) is 19.3 Å². The van der Waals surface area contributed by atoms with Crippen LogP contribution in [0.15, 0.2) is 18.2 Å². The van der Waals surface area contributed by atoms with Crippen LogP contribution in [0.3, 0.4) is 0 Å². The minimum Gasteiger partial charge on any atom is -0.383 e. The van der Waals surface area contributed by atoms with Crippen LogP contribution in [0.1, 0.15) is 5.56 Å². The topological polar surface area (TPSA) is 57.1 Å².